The van der Waals surface area contributed by atoms with E-state index in [0.29, 0.717) is 23.5 Å². The molecule has 8 heteroatoms. The zero-order valence-electron chi connectivity index (χ0n) is 14.3. The molecule has 0 saturated heterocycles. The molecule has 4 rings (SSSR count). The smallest absolute Gasteiger partial charge is 0.359 e. The molecule has 1 aromatic heterocycles. The lowest BCUT2D eigenvalue weighted by Gasteiger charge is -2.26. The van der Waals surface area contributed by atoms with Crippen molar-refractivity contribution >= 4 is 22.8 Å². The van der Waals surface area contributed by atoms with Crippen LogP contribution < -0.4 is 14.8 Å². The van der Waals surface area contributed by atoms with E-state index in [-0.39, 0.29) is 18.3 Å². The topological polar surface area (TPSA) is 103 Å². The SMILES string of the molecule is O=C(COC(=O)c1n[nH]c2ccccc12)NCC1COc2ccccc2O1. The monoisotopic (exact) mass is 367 g/mol. The molecule has 1 aliphatic heterocycles. The van der Waals surface area contributed by atoms with Crippen molar-refractivity contribution in [3.05, 3.63) is 54.2 Å². The number of amides is 1. The van der Waals surface area contributed by atoms with Crippen molar-refractivity contribution in [1.29, 1.82) is 0 Å². The third kappa shape index (κ3) is 3.69. The van der Waals surface area contributed by atoms with Gasteiger partial charge in [0.05, 0.1) is 12.1 Å². The Morgan fingerprint density at radius 3 is 2.81 bits per heavy atom. The summed E-state index contributed by atoms with van der Waals surface area (Å²) in [5, 5.41) is 10.0. The first-order valence-corrected chi connectivity index (χ1v) is 8.46. The highest BCUT2D eigenvalue weighted by atomic mass is 16.6. The number of ether oxygens (including phenoxy) is 3. The van der Waals surface area contributed by atoms with E-state index >= 15 is 0 Å². The summed E-state index contributed by atoms with van der Waals surface area (Å²) in [7, 11) is 0. The standard InChI is InChI=1S/C19H17N3O5/c23-17(20-9-12-10-25-15-7-3-4-8-16(15)27-12)11-26-19(24)18-13-5-1-2-6-14(13)21-22-18/h1-8,12H,9-11H2,(H,20,23)(H,21,22). The molecule has 0 aliphatic carbocycles. The molecule has 0 radical (unpaired) electrons. The van der Waals surface area contributed by atoms with E-state index in [4.69, 9.17) is 14.2 Å². The van der Waals surface area contributed by atoms with Crippen LogP contribution in [0.4, 0.5) is 0 Å². The van der Waals surface area contributed by atoms with Crippen molar-refractivity contribution in [2.45, 2.75) is 6.10 Å². The molecule has 1 amide bonds. The number of carbonyl (C=O) groups excluding carboxylic acids is 2. The Morgan fingerprint density at radius 2 is 1.93 bits per heavy atom. The largest absolute Gasteiger partial charge is 0.486 e. The first-order chi connectivity index (χ1) is 13.2. The van der Waals surface area contributed by atoms with Gasteiger partial charge in [-0.3, -0.25) is 9.89 Å². The molecule has 8 nitrogen and oxygen atoms in total. The molecule has 2 heterocycles. The minimum absolute atomic E-state index is 0.152. The minimum atomic E-state index is -0.659. The van der Waals surface area contributed by atoms with Gasteiger partial charge in [-0.1, -0.05) is 30.3 Å². The molecule has 2 N–H and O–H groups in total. The number of H-pyrrole nitrogens is 1. The molecule has 27 heavy (non-hydrogen) atoms. The van der Waals surface area contributed by atoms with E-state index in [1.54, 1.807) is 24.3 Å². The predicted octanol–water partition coefficient (Wildman–Crippen LogP) is 1.68. The zero-order valence-corrected chi connectivity index (χ0v) is 14.3. The normalized spacial score (nSPS) is 15.3. The summed E-state index contributed by atoms with van der Waals surface area (Å²) in [5.41, 5.74) is 0.877. The van der Waals surface area contributed by atoms with Gasteiger partial charge >= 0.3 is 5.97 Å². The van der Waals surface area contributed by atoms with Gasteiger partial charge in [0.1, 0.15) is 12.7 Å². The predicted molar refractivity (Wildman–Crippen MR) is 95.7 cm³/mol. The fourth-order valence-corrected chi connectivity index (χ4v) is 2.76. The van der Waals surface area contributed by atoms with Gasteiger partial charge in [0, 0.05) is 5.39 Å². The van der Waals surface area contributed by atoms with Crippen LogP contribution in [0.25, 0.3) is 10.9 Å². The van der Waals surface area contributed by atoms with Gasteiger partial charge in [0.15, 0.2) is 23.8 Å². The Morgan fingerprint density at radius 1 is 1.15 bits per heavy atom. The number of aromatic nitrogens is 2. The molecule has 1 unspecified atom stereocenters. The van der Waals surface area contributed by atoms with Gasteiger partial charge < -0.3 is 19.5 Å². The second-order valence-corrected chi connectivity index (χ2v) is 6.00. The number of fused-ring (bicyclic) bond motifs is 2. The van der Waals surface area contributed by atoms with Gasteiger partial charge in [0.2, 0.25) is 0 Å². The summed E-state index contributed by atoms with van der Waals surface area (Å²) in [6.45, 7) is 0.177. The highest BCUT2D eigenvalue weighted by Gasteiger charge is 2.22. The lowest BCUT2D eigenvalue weighted by Crippen LogP contribution is -2.42. The molecule has 3 aromatic rings. The third-order valence-corrected chi connectivity index (χ3v) is 4.09. The maximum atomic E-state index is 12.1. The fraction of sp³-hybridized carbons (Fsp3) is 0.211. The van der Waals surface area contributed by atoms with Crippen LogP contribution in [0.15, 0.2) is 48.5 Å². The molecule has 1 atom stereocenters. The summed E-state index contributed by atoms with van der Waals surface area (Å²) < 4.78 is 16.4. The number of aromatic amines is 1. The van der Waals surface area contributed by atoms with Crippen LogP contribution in [0.5, 0.6) is 11.5 Å². The second-order valence-electron chi connectivity index (χ2n) is 6.00. The average molecular weight is 367 g/mol. The number of hydrogen-bond donors (Lipinski definition) is 2. The van der Waals surface area contributed by atoms with Crippen molar-refractivity contribution in [1.82, 2.24) is 15.5 Å². The number of rotatable bonds is 5. The van der Waals surface area contributed by atoms with E-state index in [1.807, 2.05) is 24.3 Å². The zero-order chi connectivity index (χ0) is 18.6. The van der Waals surface area contributed by atoms with Crippen LogP contribution in [0.3, 0.4) is 0 Å². The van der Waals surface area contributed by atoms with E-state index in [9.17, 15) is 9.59 Å². The molecule has 2 aromatic carbocycles. The highest BCUT2D eigenvalue weighted by molar-refractivity contribution is 6.02. The summed E-state index contributed by atoms with van der Waals surface area (Å²) in [4.78, 5) is 24.1. The molecule has 0 bridgehead atoms. The molecule has 138 valence electrons. The van der Waals surface area contributed by atoms with E-state index in [2.05, 4.69) is 15.5 Å². The lowest BCUT2D eigenvalue weighted by atomic mass is 10.2. The number of nitrogens with zero attached hydrogens (tertiary/aromatic N) is 1. The van der Waals surface area contributed by atoms with Crippen LogP contribution >= 0.6 is 0 Å². The Hall–Kier alpha value is -3.55. The molecular formula is C19H17N3O5. The quantitative estimate of drug-likeness (QED) is 0.665. The molecular weight excluding hydrogens is 350 g/mol. The molecule has 0 spiro atoms. The van der Waals surface area contributed by atoms with Crippen LogP contribution in [-0.2, 0) is 9.53 Å². The van der Waals surface area contributed by atoms with Gasteiger partial charge in [-0.15, -0.1) is 0 Å². The Kier molecular flexibility index (Phi) is 4.61. The van der Waals surface area contributed by atoms with Crippen molar-refractivity contribution in [2.75, 3.05) is 19.8 Å². The van der Waals surface area contributed by atoms with Crippen molar-refractivity contribution in [3.63, 3.8) is 0 Å². The lowest BCUT2D eigenvalue weighted by molar-refractivity contribution is -0.124. The maximum absolute atomic E-state index is 12.1. The first kappa shape index (κ1) is 16.9. The number of esters is 1. The number of carbonyl (C=O) groups is 2. The second kappa shape index (κ2) is 7.36. The van der Waals surface area contributed by atoms with Crippen LogP contribution in [0.2, 0.25) is 0 Å². The van der Waals surface area contributed by atoms with Crippen molar-refractivity contribution in [3.8, 4) is 11.5 Å². The summed E-state index contributed by atoms with van der Waals surface area (Å²) >= 11 is 0. The number of para-hydroxylation sites is 3. The Balaban J connectivity index is 1.26. The number of benzene rings is 2. The number of nitrogens with one attached hydrogen (secondary N) is 2. The number of hydrogen-bond acceptors (Lipinski definition) is 6. The van der Waals surface area contributed by atoms with Gasteiger partial charge in [0.25, 0.3) is 5.91 Å². The van der Waals surface area contributed by atoms with Crippen molar-refractivity contribution in [2.24, 2.45) is 0 Å². The van der Waals surface area contributed by atoms with E-state index in [0.717, 1.165) is 5.52 Å². The third-order valence-electron chi connectivity index (χ3n) is 4.09. The summed E-state index contributed by atoms with van der Waals surface area (Å²) in [6.07, 6.45) is -0.310. The van der Waals surface area contributed by atoms with E-state index < -0.39 is 18.5 Å². The van der Waals surface area contributed by atoms with Gasteiger partial charge in [-0.05, 0) is 18.2 Å². The van der Waals surface area contributed by atoms with Crippen molar-refractivity contribution < 1.29 is 23.8 Å². The fourth-order valence-electron chi connectivity index (χ4n) is 2.76. The van der Waals surface area contributed by atoms with Gasteiger partial charge in [-0.25, -0.2) is 4.79 Å². The Bertz CT molecular complexity index is 984. The van der Waals surface area contributed by atoms with Crippen LogP contribution in [0, 0.1) is 0 Å². The molecule has 0 fully saturated rings. The van der Waals surface area contributed by atoms with Crippen LogP contribution in [0.1, 0.15) is 10.5 Å². The van der Waals surface area contributed by atoms with Crippen LogP contribution in [-0.4, -0.2) is 47.9 Å². The highest BCUT2D eigenvalue weighted by Crippen LogP contribution is 2.30. The molecule has 0 saturated carbocycles. The summed E-state index contributed by atoms with van der Waals surface area (Å²) in [5.74, 6) is 0.236. The van der Waals surface area contributed by atoms with E-state index in [1.165, 1.54) is 0 Å². The first-order valence-electron chi connectivity index (χ1n) is 8.46. The Labute approximate surface area is 154 Å². The minimum Gasteiger partial charge on any atom is -0.486 e. The maximum Gasteiger partial charge on any atom is 0.359 e. The summed E-state index contributed by atoms with van der Waals surface area (Å²) in [6, 6.07) is 14.5. The molecule has 1 aliphatic rings. The van der Waals surface area contributed by atoms with Gasteiger partial charge in [-0.2, -0.15) is 5.10 Å². The average Bonchev–Trinajstić information content (AvgIpc) is 3.14.